The summed E-state index contributed by atoms with van der Waals surface area (Å²) in [6, 6.07) is 9.77. The summed E-state index contributed by atoms with van der Waals surface area (Å²) in [5.41, 5.74) is 1.92. The Hall–Kier alpha value is -2.03. The number of carbonyl (C=O) groups is 1. The maximum absolute atomic E-state index is 11.7. The van der Waals surface area contributed by atoms with Gasteiger partial charge in [-0.05, 0) is 11.6 Å². The molecule has 1 heterocycles. The second-order valence-electron chi connectivity index (χ2n) is 3.61. The fraction of sp³-hybridized carbons (Fsp3) is 0.154. The standard InChI is InChI=1S/C13H14N2O/c1-2-9-15-10-8-12(14-13(15)16)11-6-4-3-5-7-11/h2-8H,1,9-10H2,(H,14,16). The maximum atomic E-state index is 11.7. The first-order chi connectivity index (χ1) is 7.81. The molecule has 2 rings (SSSR count). The molecule has 0 aromatic heterocycles. The van der Waals surface area contributed by atoms with Crippen LogP contribution in [0.5, 0.6) is 0 Å². The molecule has 0 fully saturated rings. The van der Waals surface area contributed by atoms with Gasteiger partial charge in [-0.25, -0.2) is 4.79 Å². The number of rotatable bonds is 3. The van der Waals surface area contributed by atoms with E-state index in [-0.39, 0.29) is 6.03 Å². The first-order valence-corrected chi connectivity index (χ1v) is 5.23. The van der Waals surface area contributed by atoms with Gasteiger partial charge in [-0.2, -0.15) is 0 Å². The average molecular weight is 214 g/mol. The lowest BCUT2D eigenvalue weighted by Gasteiger charge is -2.26. The summed E-state index contributed by atoms with van der Waals surface area (Å²) in [7, 11) is 0. The number of nitrogens with zero attached hydrogens (tertiary/aromatic N) is 1. The number of hydrogen-bond acceptors (Lipinski definition) is 1. The largest absolute Gasteiger partial charge is 0.322 e. The number of hydrogen-bond donors (Lipinski definition) is 1. The normalized spacial score (nSPS) is 15.4. The third kappa shape index (κ3) is 2.14. The lowest BCUT2D eigenvalue weighted by molar-refractivity contribution is 0.210. The van der Waals surface area contributed by atoms with Crippen LogP contribution in [-0.2, 0) is 0 Å². The zero-order valence-corrected chi connectivity index (χ0v) is 9.02. The molecule has 1 aromatic rings. The summed E-state index contributed by atoms with van der Waals surface area (Å²) < 4.78 is 0. The summed E-state index contributed by atoms with van der Waals surface area (Å²) in [6.45, 7) is 4.82. The molecule has 16 heavy (non-hydrogen) atoms. The second-order valence-corrected chi connectivity index (χ2v) is 3.61. The molecule has 1 N–H and O–H groups in total. The van der Waals surface area contributed by atoms with Crippen molar-refractivity contribution in [3.8, 4) is 0 Å². The minimum Gasteiger partial charge on any atom is -0.317 e. The van der Waals surface area contributed by atoms with Crippen LogP contribution in [0.1, 0.15) is 5.56 Å². The molecular formula is C13H14N2O. The highest BCUT2D eigenvalue weighted by Gasteiger charge is 2.17. The van der Waals surface area contributed by atoms with Gasteiger partial charge >= 0.3 is 6.03 Å². The SMILES string of the molecule is C=CCN1CC=C(c2ccccc2)NC1=O. The molecule has 2 amide bonds. The average Bonchev–Trinajstić information content (AvgIpc) is 2.33. The van der Waals surface area contributed by atoms with E-state index in [1.54, 1.807) is 11.0 Å². The molecule has 0 aliphatic carbocycles. The van der Waals surface area contributed by atoms with E-state index in [9.17, 15) is 4.79 Å². The van der Waals surface area contributed by atoms with Gasteiger partial charge in [-0.15, -0.1) is 6.58 Å². The monoisotopic (exact) mass is 214 g/mol. The van der Waals surface area contributed by atoms with Crippen LogP contribution in [0.15, 0.2) is 49.1 Å². The molecule has 0 atom stereocenters. The molecule has 0 bridgehead atoms. The van der Waals surface area contributed by atoms with Crippen molar-refractivity contribution in [3.05, 3.63) is 54.6 Å². The van der Waals surface area contributed by atoms with Crippen molar-refractivity contribution in [1.82, 2.24) is 10.2 Å². The Bertz CT molecular complexity index is 423. The number of benzene rings is 1. The van der Waals surface area contributed by atoms with Gasteiger partial charge < -0.3 is 10.2 Å². The summed E-state index contributed by atoms with van der Waals surface area (Å²) in [6.07, 6.45) is 3.74. The van der Waals surface area contributed by atoms with Gasteiger partial charge in [0, 0.05) is 18.8 Å². The van der Waals surface area contributed by atoms with Crippen molar-refractivity contribution in [1.29, 1.82) is 0 Å². The van der Waals surface area contributed by atoms with Crippen molar-refractivity contribution < 1.29 is 4.79 Å². The van der Waals surface area contributed by atoms with Gasteiger partial charge in [-0.3, -0.25) is 0 Å². The highest BCUT2D eigenvalue weighted by atomic mass is 16.2. The van der Waals surface area contributed by atoms with Crippen molar-refractivity contribution in [2.45, 2.75) is 0 Å². The minimum atomic E-state index is -0.0683. The van der Waals surface area contributed by atoms with Crippen molar-refractivity contribution in [2.75, 3.05) is 13.1 Å². The van der Waals surface area contributed by atoms with Crippen LogP contribution in [0.2, 0.25) is 0 Å². The van der Waals surface area contributed by atoms with Crippen LogP contribution in [0.25, 0.3) is 5.70 Å². The highest BCUT2D eigenvalue weighted by molar-refractivity contribution is 5.87. The molecule has 0 saturated heterocycles. The number of nitrogens with one attached hydrogen (secondary N) is 1. The third-order valence-electron chi connectivity index (χ3n) is 2.48. The van der Waals surface area contributed by atoms with Crippen molar-refractivity contribution in [3.63, 3.8) is 0 Å². The van der Waals surface area contributed by atoms with E-state index in [1.807, 2.05) is 36.4 Å². The maximum Gasteiger partial charge on any atom is 0.322 e. The Kier molecular flexibility index (Phi) is 3.05. The van der Waals surface area contributed by atoms with Crippen LogP contribution >= 0.6 is 0 Å². The van der Waals surface area contributed by atoms with Gasteiger partial charge in [0.25, 0.3) is 0 Å². The van der Waals surface area contributed by atoms with Gasteiger partial charge in [0.15, 0.2) is 0 Å². The molecule has 0 radical (unpaired) electrons. The Morgan fingerprint density at radius 3 is 2.75 bits per heavy atom. The van der Waals surface area contributed by atoms with Crippen LogP contribution in [0.4, 0.5) is 4.79 Å². The molecule has 3 heteroatoms. The number of urea groups is 1. The fourth-order valence-electron chi connectivity index (χ4n) is 1.65. The second kappa shape index (κ2) is 4.66. The predicted molar refractivity (Wildman–Crippen MR) is 64.7 cm³/mol. The van der Waals surface area contributed by atoms with Gasteiger partial charge in [0.05, 0.1) is 0 Å². The minimum absolute atomic E-state index is 0.0683. The van der Waals surface area contributed by atoms with E-state index in [4.69, 9.17) is 0 Å². The van der Waals surface area contributed by atoms with Gasteiger partial charge in [0.1, 0.15) is 0 Å². The van der Waals surface area contributed by atoms with E-state index in [0.29, 0.717) is 13.1 Å². The Morgan fingerprint density at radius 1 is 1.38 bits per heavy atom. The predicted octanol–water partition coefficient (Wildman–Crippen LogP) is 2.24. The van der Waals surface area contributed by atoms with E-state index < -0.39 is 0 Å². The van der Waals surface area contributed by atoms with Gasteiger partial charge in [-0.1, -0.05) is 36.4 Å². The lowest BCUT2D eigenvalue weighted by Crippen LogP contribution is -2.42. The van der Waals surface area contributed by atoms with Gasteiger partial charge in [0.2, 0.25) is 0 Å². The van der Waals surface area contributed by atoms with Crippen LogP contribution in [0, 0.1) is 0 Å². The molecule has 3 nitrogen and oxygen atoms in total. The van der Waals surface area contributed by atoms with E-state index in [0.717, 1.165) is 11.3 Å². The molecular weight excluding hydrogens is 200 g/mol. The third-order valence-corrected chi connectivity index (χ3v) is 2.48. The molecule has 1 aromatic carbocycles. The molecule has 0 unspecified atom stereocenters. The van der Waals surface area contributed by atoms with E-state index >= 15 is 0 Å². The molecule has 1 aliphatic heterocycles. The Labute approximate surface area is 95.1 Å². The summed E-state index contributed by atoms with van der Waals surface area (Å²) in [5.74, 6) is 0. The Balaban J connectivity index is 2.16. The first-order valence-electron chi connectivity index (χ1n) is 5.23. The van der Waals surface area contributed by atoms with Crippen LogP contribution in [0.3, 0.4) is 0 Å². The number of carbonyl (C=O) groups excluding carboxylic acids is 1. The van der Waals surface area contributed by atoms with E-state index in [2.05, 4.69) is 11.9 Å². The number of amides is 2. The summed E-state index contributed by atoms with van der Waals surface area (Å²) in [5, 5.41) is 2.87. The molecule has 0 spiro atoms. The van der Waals surface area contributed by atoms with Crippen LogP contribution in [-0.4, -0.2) is 24.0 Å². The molecule has 1 aliphatic rings. The molecule has 82 valence electrons. The lowest BCUT2D eigenvalue weighted by atomic mass is 10.1. The quantitative estimate of drug-likeness (QED) is 0.769. The highest BCUT2D eigenvalue weighted by Crippen LogP contribution is 2.14. The Morgan fingerprint density at radius 2 is 2.12 bits per heavy atom. The smallest absolute Gasteiger partial charge is 0.317 e. The first kappa shape index (κ1) is 10.5. The summed E-state index contributed by atoms with van der Waals surface area (Å²) >= 11 is 0. The fourth-order valence-corrected chi connectivity index (χ4v) is 1.65. The zero-order valence-electron chi connectivity index (χ0n) is 9.02. The zero-order chi connectivity index (χ0) is 11.4. The summed E-state index contributed by atoms with van der Waals surface area (Å²) in [4.78, 5) is 13.4. The van der Waals surface area contributed by atoms with Crippen molar-refractivity contribution >= 4 is 11.7 Å². The topological polar surface area (TPSA) is 32.3 Å². The van der Waals surface area contributed by atoms with E-state index in [1.165, 1.54) is 0 Å². The van der Waals surface area contributed by atoms with Crippen LogP contribution < -0.4 is 5.32 Å². The molecule has 0 saturated carbocycles. The van der Waals surface area contributed by atoms with Crippen molar-refractivity contribution in [2.24, 2.45) is 0 Å².